The predicted molar refractivity (Wildman–Crippen MR) is 239 cm³/mol. The van der Waals surface area contributed by atoms with E-state index in [0.29, 0.717) is 24.8 Å². The molecular formula is C48H56N4O12. The molecule has 4 N–H and O–H groups in total. The van der Waals surface area contributed by atoms with Crippen molar-refractivity contribution in [3.63, 3.8) is 0 Å². The van der Waals surface area contributed by atoms with Gasteiger partial charge in [0.2, 0.25) is 5.43 Å². The van der Waals surface area contributed by atoms with Crippen LogP contribution in [-0.2, 0) is 23.8 Å². The first-order valence-corrected chi connectivity index (χ1v) is 21.8. The predicted octanol–water partition coefficient (Wildman–Crippen LogP) is 6.29. The number of aromatic nitrogens is 1. The van der Waals surface area contributed by atoms with E-state index in [1.54, 1.807) is 57.2 Å². The van der Waals surface area contributed by atoms with Crippen LogP contribution in [0.3, 0.4) is 0 Å². The highest BCUT2D eigenvalue weighted by Gasteiger charge is 2.51. The molecular weight excluding hydrogens is 825 g/mol. The molecule has 0 unspecified atom stereocenters. The van der Waals surface area contributed by atoms with E-state index in [1.807, 2.05) is 20.9 Å². The van der Waals surface area contributed by atoms with Crippen molar-refractivity contribution in [3.05, 3.63) is 69.6 Å². The summed E-state index contributed by atoms with van der Waals surface area (Å²) >= 11 is 0. The molecule has 6 aliphatic rings. The summed E-state index contributed by atoms with van der Waals surface area (Å²) in [5.41, 5.74) is 0.127. The summed E-state index contributed by atoms with van der Waals surface area (Å²) in [6, 6.07) is 3.70. The summed E-state index contributed by atoms with van der Waals surface area (Å²) in [5, 5.41) is 29.3. The molecule has 0 saturated carbocycles. The normalized spacial score (nSPS) is 29.7. The van der Waals surface area contributed by atoms with Crippen molar-refractivity contribution in [1.82, 2.24) is 10.3 Å². The van der Waals surface area contributed by atoms with E-state index < -0.39 is 71.0 Å². The standard InChI is InChI=1S/C48H56N4O12/c1-22-11-10-12-23(2)47(58)51-39-41(56)35-34(38-45(39)62-32-21-29(20-30(54)37(32)50-38)52-16-13-28(49-8)14-17-52)36-44-26(5)43(35)63-33(19-24(3)40(22)55)42(61-27(6)53)25(4)31(59-9)15-18-60-48(7,64-44)46(36)57/h10-12,15,18,20-22,24-25,28,31,33,40,42,49,54-55H,13-14,16-17,19H2,1-9H3,(H,51,58)/b11-10+,18-15+,23-12-/t22-,24-,25+,31-,33+,40-,42+,48-/m0/s1. The number of phenols is 1. The number of nitrogens with zero attached hydrogens (tertiary/aromatic N) is 2. The third kappa shape index (κ3) is 7.74. The van der Waals surface area contributed by atoms with Gasteiger partial charge in [-0.1, -0.05) is 39.0 Å². The number of amides is 1. The highest BCUT2D eigenvalue weighted by Crippen LogP contribution is 2.52. The Morgan fingerprint density at radius 3 is 2.48 bits per heavy atom. The highest BCUT2D eigenvalue weighted by molar-refractivity contribution is 6.22. The van der Waals surface area contributed by atoms with Crippen LogP contribution in [0, 0.1) is 24.7 Å². The molecule has 8 atom stereocenters. The lowest BCUT2D eigenvalue weighted by Crippen LogP contribution is -2.46. The lowest BCUT2D eigenvalue weighted by molar-refractivity contribution is -0.159. The first kappa shape index (κ1) is 44.6. The number of aromatic hydroxyl groups is 1. The molecule has 0 aromatic heterocycles. The summed E-state index contributed by atoms with van der Waals surface area (Å²) in [4.78, 5) is 64.6. The lowest BCUT2D eigenvalue weighted by atomic mass is 9.84. The van der Waals surface area contributed by atoms with Crippen molar-refractivity contribution >= 4 is 50.9 Å². The van der Waals surface area contributed by atoms with Gasteiger partial charge in [0.25, 0.3) is 11.7 Å². The van der Waals surface area contributed by atoms with Crippen LogP contribution in [0.25, 0.3) is 33.3 Å². The van der Waals surface area contributed by atoms with Crippen LogP contribution in [0.4, 0.5) is 11.4 Å². The summed E-state index contributed by atoms with van der Waals surface area (Å²) < 4.78 is 38.2. The minimum atomic E-state index is -1.97. The molecule has 1 fully saturated rings. The van der Waals surface area contributed by atoms with Gasteiger partial charge in [-0.3, -0.25) is 19.2 Å². The molecule has 340 valence electrons. The minimum absolute atomic E-state index is 0.0288. The van der Waals surface area contributed by atoms with E-state index in [1.165, 1.54) is 27.2 Å². The number of piperidine rings is 1. The number of hydrogen-bond acceptors (Lipinski definition) is 15. The fourth-order valence-corrected chi connectivity index (χ4v) is 9.52. The quantitative estimate of drug-likeness (QED) is 0.101. The van der Waals surface area contributed by atoms with Crippen LogP contribution in [0.1, 0.15) is 76.7 Å². The molecule has 2 aromatic carbocycles. The van der Waals surface area contributed by atoms with E-state index in [9.17, 15) is 24.6 Å². The van der Waals surface area contributed by atoms with E-state index in [2.05, 4.69) is 15.5 Å². The number of ketones is 1. The SMILES string of the molecule is CNC1CCN(c2cc(O)c3nc4c5c6c7c(C)c8c5c(=O)c(c-4oc3c2)NC(=O)/C(C)=C\C=C\[C@H](C)[C@H](O)[C@@H](C)C[C@@H](O8)[C@H](OC(C)=O)[C@H](C)[C@@H](OC)/C=C/O[C@@](C)(O7)C6=O)CC1. The second-order valence-corrected chi connectivity index (χ2v) is 17.7. The fourth-order valence-electron chi connectivity index (χ4n) is 9.52. The summed E-state index contributed by atoms with van der Waals surface area (Å²) in [6.07, 6.45) is 5.97. The van der Waals surface area contributed by atoms with Gasteiger partial charge < -0.3 is 53.8 Å². The summed E-state index contributed by atoms with van der Waals surface area (Å²) in [5.74, 6) is -5.78. The van der Waals surface area contributed by atoms with Crippen molar-refractivity contribution in [2.75, 3.05) is 37.5 Å². The first-order chi connectivity index (χ1) is 30.5. The molecule has 1 saturated heterocycles. The zero-order valence-electron chi connectivity index (χ0n) is 37.6. The van der Waals surface area contributed by atoms with Crippen molar-refractivity contribution in [1.29, 1.82) is 0 Å². The van der Waals surface area contributed by atoms with Crippen molar-refractivity contribution in [2.45, 2.75) is 104 Å². The third-order valence-corrected chi connectivity index (χ3v) is 13.3. The molecule has 8 rings (SSSR count). The van der Waals surface area contributed by atoms with Gasteiger partial charge in [-0.25, -0.2) is 4.98 Å². The molecule has 16 heteroatoms. The maximum absolute atomic E-state index is 15.5. The van der Waals surface area contributed by atoms with Crippen molar-refractivity contribution < 1.29 is 52.7 Å². The van der Waals surface area contributed by atoms with Crippen LogP contribution < -0.4 is 30.4 Å². The Labute approximate surface area is 370 Å². The Balaban J connectivity index is 1.49. The topological polar surface area (TPSA) is 208 Å². The number of rotatable bonds is 4. The number of phenolic OH excluding ortho intramolecular Hbond substituents is 1. The van der Waals surface area contributed by atoms with E-state index in [0.717, 1.165) is 12.8 Å². The Kier molecular flexibility index (Phi) is 12.0. The largest absolute Gasteiger partial charge is 0.505 e. The number of aliphatic hydroxyl groups is 1. The number of esters is 1. The van der Waals surface area contributed by atoms with Gasteiger partial charge in [-0.15, -0.1) is 0 Å². The number of methoxy groups -OCH3 is 1. The van der Waals surface area contributed by atoms with Crippen LogP contribution in [0.5, 0.6) is 17.2 Å². The Bertz CT molecular complexity index is 2660. The average Bonchev–Trinajstić information content (AvgIpc) is 3.53. The number of nitrogens with one attached hydrogen (secondary N) is 2. The summed E-state index contributed by atoms with van der Waals surface area (Å²) in [6.45, 7) is 12.9. The second kappa shape index (κ2) is 17.2. The number of benzene rings is 3. The number of anilines is 2. The molecule has 6 bridgehead atoms. The maximum atomic E-state index is 15.5. The van der Waals surface area contributed by atoms with E-state index in [4.69, 9.17) is 33.1 Å². The zero-order chi connectivity index (χ0) is 45.9. The van der Waals surface area contributed by atoms with Crippen LogP contribution >= 0.6 is 0 Å². The summed E-state index contributed by atoms with van der Waals surface area (Å²) in [7, 11) is 3.41. The number of Topliss-reactive ketones (excluding diaryl/α,β-unsaturated/α-hetero) is 1. The number of carbonyl (C=O) groups is 3. The highest BCUT2D eigenvalue weighted by atomic mass is 16.7. The van der Waals surface area contributed by atoms with E-state index in [-0.39, 0.29) is 79.4 Å². The number of hydrogen-bond donors (Lipinski definition) is 4. The van der Waals surface area contributed by atoms with Gasteiger partial charge in [-0.05, 0) is 52.2 Å². The average molecular weight is 881 g/mol. The number of aliphatic hydroxyl groups excluding tert-OH is 1. The van der Waals surface area contributed by atoms with E-state index >= 15 is 4.79 Å². The number of fused-ring (bicyclic) bond motifs is 8. The number of allylic oxidation sites excluding steroid dienone is 2. The molecule has 0 radical (unpaired) electrons. The van der Waals surface area contributed by atoms with Crippen LogP contribution in [0.2, 0.25) is 0 Å². The molecule has 2 aromatic rings. The Hall–Kier alpha value is -5.97. The van der Waals surface area contributed by atoms with Gasteiger partial charge in [-0.2, -0.15) is 0 Å². The minimum Gasteiger partial charge on any atom is -0.505 e. The molecule has 1 amide bonds. The lowest BCUT2D eigenvalue weighted by Gasteiger charge is -2.37. The zero-order valence-corrected chi connectivity index (χ0v) is 37.6. The molecule has 16 nitrogen and oxygen atoms in total. The van der Waals surface area contributed by atoms with Gasteiger partial charge in [0, 0.05) is 86.3 Å². The molecule has 5 heterocycles. The third-order valence-electron chi connectivity index (χ3n) is 13.3. The molecule has 5 aliphatic heterocycles. The van der Waals surface area contributed by atoms with Gasteiger partial charge >= 0.3 is 11.8 Å². The van der Waals surface area contributed by atoms with Crippen LogP contribution in [-0.4, -0.2) is 96.3 Å². The molecule has 1 aliphatic carbocycles. The van der Waals surface area contributed by atoms with Crippen LogP contribution in [0.15, 0.2) is 57.5 Å². The fraction of sp³-hybridized carbons (Fsp3) is 0.479. The number of ether oxygens (including phenoxy) is 5. The van der Waals surface area contributed by atoms with Crippen molar-refractivity contribution in [2.24, 2.45) is 17.8 Å². The number of carbonyl (C=O) groups excluding carboxylic acids is 3. The second-order valence-electron chi connectivity index (χ2n) is 17.7. The first-order valence-electron chi connectivity index (χ1n) is 21.8. The van der Waals surface area contributed by atoms with Gasteiger partial charge in [0.05, 0.1) is 29.4 Å². The smallest absolute Gasteiger partial charge is 0.312 e. The monoisotopic (exact) mass is 880 g/mol. The Morgan fingerprint density at radius 1 is 1.06 bits per heavy atom. The molecule has 0 spiro atoms. The van der Waals surface area contributed by atoms with Gasteiger partial charge in [0.1, 0.15) is 46.4 Å². The van der Waals surface area contributed by atoms with Crippen molar-refractivity contribution in [3.8, 4) is 28.7 Å². The maximum Gasteiger partial charge on any atom is 0.312 e. The molecule has 64 heavy (non-hydrogen) atoms. The van der Waals surface area contributed by atoms with Gasteiger partial charge in [0.15, 0.2) is 11.3 Å². The Morgan fingerprint density at radius 2 is 1.80 bits per heavy atom.